The second kappa shape index (κ2) is 3.82. The number of aromatic amines is 1. The molecule has 15 heavy (non-hydrogen) atoms. The van der Waals surface area contributed by atoms with Crippen molar-refractivity contribution in [3.05, 3.63) is 35.3 Å². The first kappa shape index (κ1) is 9.25. The quantitative estimate of drug-likeness (QED) is 0.635. The Morgan fingerprint density at radius 3 is 3.13 bits per heavy atom. The highest BCUT2D eigenvalue weighted by atomic mass is 16.1. The number of nitrogens with zero attached hydrogens (tertiary/aromatic N) is 3. The third kappa shape index (κ3) is 2.13. The fourth-order valence-corrected chi connectivity index (χ4v) is 1.04. The number of nitrogens with two attached hydrogens (primary N) is 1. The lowest BCUT2D eigenvalue weighted by Crippen LogP contribution is -2.17. The molecule has 0 saturated heterocycles. The summed E-state index contributed by atoms with van der Waals surface area (Å²) in [6.07, 6.45) is 6.43. The topological polar surface area (TPSA) is 102 Å². The number of aromatic nitrogens is 4. The summed E-state index contributed by atoms with van der Waals surface area (Å²) in [5.41, 5.74) is 5.08. The highest BCUT2D eigenvalue weighted by Gasteiger charge is 1.97. The molecule has 7 heteroatoms. The summed E-state index contributed by atoms with van der Waals surface area (Å²) < 4.78 is 1.80. The number of hydrogen-bond acceptors (Lipinski definition) is 5. The summed E-state index contributed by atoms with van der Waals surface area (Å²) in [6.45, 7) is 0.479. The summed E-state index contributed by atoms with van der Waals surface area (Å²) in [7, 11) is 0. The molecule has 0 radical (unpaired) electrons. The molecule has 2 aromatic heterocycles. The molecule has 2 heterocycles. The standard InChI is InChI=1S/C8H10N6O/c9-6-3-11-8(13-7(6)15)12-5-14-2-1-10-4-14/h1-4H,5,9H2,(H2,11,12,13,15). The van der Waals surface area contributed by atoms with Crippen molar-refractivity contribution in [2.75, 3.05) is 11.1 Å². The molecule has 0 fully saturated rings. The van der Waals surface area contributed by atoms with Crippen molar-refractivity contribution >= 4 is 11.6 Å². The Balaban J connectivity index is 2.06. The van der Waals surface area contributed by atoms with Gasteiger partial charge < -0.3 is 15.6 Å². The number of nitrogen functional groups attached to an aromatic ring is 1. The van der Waals surface area contributed by atoms with Crippen molar-refractivity contribution in [3.8, 4) is 0 Å². The Labute approximate surface area is 85.0 Å². The predicted octanol–water partition coefficient (Wildman–Crippen LogP) is -0.382. The van der Waals surface area contributed by atoms with Gasteiger partial charge in [-0.1, -0.05) is 0 Å². The lowest BCUT2D eigenvalue weighted by molar-refractivity contribution is 0.763. The van der Waals surface area contributed by atoms with Gasteiger partial charge in [0.05, 0.1) is 19.2 Å². The Kier molecular flexibility index (Phi) is 2.36. The lowest BCUT2D eigenvalue weighted by Gasteiger charge is -2.05. The van der Waals surface area contributed by atoms with E-state index in [0.29, 0.717) is 12.6 Å². The number of nitrogens with one attached hydrogen (secondary N) is 2. The highest BCUT2D eigenvalue weighted by molar-refractivity contribution is 5.35. The van der Waals surface area contributed by atoms with Crippen LogP contribution < -0.4 is 16.6 Å². The minimum Gasteiger partial charge on any atom is -0.393 e. The van der Waals surface area contributed by atoms with Crippen LogP contribution in [-0.2, 0) is 6.67 Å². The van der Waals surface area contributed by atoms with Gasteiger partial charge in [-0.15, -0.1) is 0 Å². The van der Waals surface area contributed by atoms with Gasteiger partial charge in [0.2, 0.25) is 5.95 Å². The molecule has 78 valence electrons. The van der Waals surface area contributed by atoms with Gasteiger partial charge in [0.1, 0.15) is 5.69 Å². The maximum Gasteiger partial charge on any atom is 0.275 e. The number of hydrogen-bond donors (Lipinski definition) is 3. The molecule has 0 aliphatic rings. The van der Waals surface area contributed by atoms with E-state index in [-0.39, 0.29) is 11.2 Å². The Hall–Kier alpha value is -2.31. The first-order valence-electron chi connectivity index (χ1n) is 4.30. The molecule has 2 aromatic rings. The van der Waals surface area contributed by atoms with Crippen LogP contribution in [0.15, 0.2) is 29.7 Å². The Morgan fingerprint density at radius 2 is 2.47 bits per heavy atom. The van der Waals surface area contributed by atoms with Crippen LogP contribution in [0.2, 0.25) is 0 Å². The van der Waals surface area contributed by atoms with E-state index in [1.54, 1.807) is 23.3 Å². The zero-order chi connectivity index (χ0) is 10.7. The first-order chi connectivity index (χ1) is 7.25. The summed E-state index contributed by atoms with van der Waals surface area (Å²) >= 11 is 0. The smallest absolute Gasteiger partial charge is 0.275 e. The Bertz CT molecular complexity index is 488. The van der Waals surface area contributed by atoms with Crippen LogP contribution in [0.1, 0.15) is 0 Å². The number of imidazole rings is 1. The third-order valence-electron chi connectivity index (χ3n) is 1.82. The molecule has 0 aliphatic heterocycles. The van der Waals surface area contributed by atoms with Gasteiger partial charge in [-0.2, -0.15) is 0 Å². The van der Waals surface area contributed by atoms with E-state index in [9.17, 15) is 4.79 Å². The van der Waals surface area contributed by atoms with E-state index in [4.69, 9.17) is 5.73 Å². The SMILES string of the molecule is Nc1cnc(NCn2ccnc2)[nH]c1=O. The molecule has 2 rings (SSSR count). The van der Waals surface area contributed by atoms with Gasteiger partial charge in [-0.25, -0.2) is 9.97 Å². The second-order valence-corrected chi connectivity index (χ2v) is 2.93. The van der Waals surface area contributed by atoms with Gasteiger partial charge in [0.25, 0.3) is 5.56 Å². The molecule has 0 unspecified atom stereocenters. The van der Waals surface area contributed by atoms with Crippen molar-refractivity contribution in [3.63, 3.8) is 0 Å². The van der Waals surface area contributed by atoms with Crippen LogP contribution in [0.5, 0.6) is 0 Å². The zero-order valence-corrected chi connectivity index (χ0v) is 7.84. The zero-order valence-electron chi connectivity index (χ0n) is 7.84. The maximum absolute atomic E-state index is 11.1. The first-order valence-corrected chi connectivity index (χ1v) is 4.30. The number of anilines is 2. The largest absolute Gasteiger partial charge is 0.393 e. The van der Waals surface area contributed by atoms with Crippen molar-refractivity contribution in [1.82, 2.24) is 19.5 Å². The van der Waals surface area contributed by atoms with Gasteiger partial charge in [-0.05, 0) is 0 Å². The lowest BCUT2D eigenvalue weighted by atomic mass is 10.5. The normalized spacial score (nSPS) is 10.1. The molecule has 4 N–H and O–H groups in total. The van der Waals surface area contributed by atoms with E-state index in [2.05, 4.69) is 20.3 Å². The van der Waals surface area contributed by atoms with Crippen LogP contribution in [0, 0.1) is 0 Å². The van der Waals surface area contributed by atoms with E-state index >= 15 is 0 Å². The summed E-state index contributed by atoms with van der Waals surface area (Å²) in [6, 6.07) is 0. The molecule has 0 amide bonds. The molecule has 7 nitrogen and oxygen atoms in total. The molecular formula is C8H10N6O. The monoisotopic (exact) mass is 206 g/mol. The minimum absolute atomic E-state index is 0.100. The molecule has 0 saturated carbocycles. The molecule has 0 bridgehead atoms. The second-order valence-electron chi connectivity index (χ2n) is 2.93. The van der Waals surface area contributed by atoms with Crippen LogP contribution in [0.25, 0.3) is 0 Å². The van der Waals surface area contributed by atoms with Gasteiger partial charge in [0.15, 0.2) is 0 Å². The van der Waals surface area contributed by atoms with Crippen LogP contribution >= 0.6 is 0 Å². The van der Waals surface area contributed by atoms with Crippen molar-refractivity contribution < 1.29 is 0 Å². The Morgan fingerprint density at radius 1 is 1.60 bits per heavy atom. The fraction of sp³-hybridized carbons (Fsp3) is 0.125. The molecule has 0 spiro atoms. The van der Waals surface area contributed by atoms with Crippen LogP contribution in [0.4, 0.5) is 11.6 Å². The van der Waals surface area contributed by atoms with Crippen molar-refractivity contribution in [1.29, 1.82) is 0 Å². The van der Waals surface area contributed by atoms with Gasteiger partial charge in [0, 0.05) is 12.4 Å². The minimum atomic E-state index is -0.349. The van der Waals surface area contributed by atoms with Crippen LogP contribution in [0.3, 0.4) is 0 Å². The van der Waals surface area contributed by atoms with Crippen LogP contribution in [-0.4, -0.2) is 19.5 Å². The van der Waals surface area contributed by atoms with E-state index < -0.39 is 0 Å². The molecular weight excluding hydrogens is 196 g/mol. The summed E-state index contributed by atoms with van der Waals surface area (Å²) in [4.78, 5) is 21.4. The third-order valence-corrected chi connectivity index (χ3v) is 1.82. The predicted molar refractivity (Wildman–Crippen MR) is 55.1 cm³/mol. The molecule has 0 aliphatic carbocycles. The highest BCUT2D eigenvalue weighted by Crippen LogP contribution is 1.96. The van der Waals surface area contributed by atoms with E-state index in [0.717, 1.165) is 0 Å². The molecule has 0 aromatic carbocycles. The summed E-state index contributed by atoms with van der Waals surface area (Å²) in [5, 5.41) is 2.92. The van der Waals surface area contributed by atoms with Gasteiger partial charge in [-0.3, -0.25) is 9.78 Å². The van der Waals surface area contributed by atoms with Gasteiger partial charge >= 0.3 is 0 Å². The van der Waals surface area contributed by atoms with E-state index in [1.165, 1.54) is 6.20 Å². The number of H-pyrrole nitrogens is 1. The van der Waals surface area contributed by atoms with E-state index in [1.807, 2.05) is 0 Å². The summed E-state index contributed by atoms with van der Waals surface area (Å²) in [5.74, 6) is 0.378. The van der Waals surface area contributed by atoms with Crippen molar-refractivity contribution in [2.24, 2.45) is 0 Å². The van der Waals surface area contributed by atoms with Crippen molar-refractivity contribution in [2.45, 2.75) is 6.67 Å². The average Bonchev–Trinajstić information content (AvgIpc) is 2.73. The number of rotatable bonds is 3. The molecule has 0 atom stereocenters. The average molecular weight is 206 g/mol. The fourth-order valence-electron chi connectivity index (χ4n) is 1.04. The maximum atomic E-state index is 11.1.